The maximum absolute atomic E-state index is 9.13. The van der Waals surface area contributed by atoms with Crippen LogP contribution in [-0.2, 0) is 4.74 Å². The van der Waals surface area contributed by atoms with Gasteiger partial charge in [-0.2, -0.15) is 0 Å². The van der Waals surface area contributed by atoms with Crippen molar-refractivity contribution in [1.29, 1.82) is 0 Å². The molecule has 0 saturated carbocycles. The minimum atomic E-state index is -1.09. The van der Waals surface area contributed by atoms with Gasteiger partial charge in [0.05, 0.1) is 6.61 Å². The summed E-state index contributed by atoms with van der Waals surface area (Å²) in [5.41, 5.74) is 0. The molecule has 0 aromatic rings. The summed E-state index contributed by atoms with van der Waals surface area (Å²) in [6.07, 6.45) is 1.25. The van der Waals surface area contributed by atoms with Gasteiger partial charge in [0.25, 0.3) is 0 Å². The largest absolute Gasteiger partial charge is 0.394 e. The third-order valence-electron chi connectivity index (χ3n) is 1.71. The van der Waals surface area contributed by atoms with E-state index in [0.717, 1.165) is 0 Å². The Balaban J connectivity index is 2.62. The minimum Gasteiger partial charge on any atom is -0.394 e. The van der Waals surface area contributed by atoms with Gasteiger partial charge in [-0.15, -0.1) is 6.42 Å². The summed E-state index contributed by atoms with van der Waals surface area (Å²) in [5.74, 6) is 2.17. The maximum atomic E-state index is 9.13. The van der Waals surface area contributed by atoms with Crippen molar-refractivity contribution in [3.8, 4) is 12.3 Å². The van der Waals surface area contributed by atoms with Crippen molar-refractivity contribution in [2.75, 3.05) is 6.61 Å². The van der Waals surface area contributed by atoms with E-state index in [4.69, 9.17) is 26.5 Å². The number of terminal acetylenes is 1. The lowest BCUT2D eigenvalue weighted by atomic mass is 10.1. The van der Waals surface area contributed by atoms with Crippen LogP contribution >= 0.6 is 0 Å². The second kappa shape index (κ2) is 3.20. The van der Waals surface area contributed by atoms with E-state index < -0.39 is 24.4 Å². The molecule has 1 aliphatic rings. The lowest BCUT2D eigenvalue weighted by molar-refractivity contribution is -0.0110. The predicted octanol–water partition coefficient (Wildman–Crippen LogP) is -1.90. The summed E-state index contributed by atoms with van der Waals surface area (Å²) in [6, 6.07) is 0. The Hall–Kier alpha value is -0.600. The molecule has 0 aliphatic carbocycles. The zero-order chi connectivity index (χ0) is 8.43. The lowest BCUT2D eigenvalue weighted by Gasteiger charge is -2.09. The van der Waals surface area contributed by atoms with Crippen molar-refractivity contribution in [2.45, 2.75) is 24.4 Å². The molecule has 0 aromatic heterocycles. The number of ether oxygens (including phenoxy) is 1. The third-order valence-corrected chi connectivity index (χ3v) is 1.71. The molecular weight excluding hydrogens is 148 g/mol. The van der Waals surface area contributed by atoms with Crippen molar-refractivity contribution in [3.63, 3.8) is 0 Å². The molecule has 1 rings (SSSR count). The molecular formula is C7H10O4. The summed E-state index contributed by atoms with van der Waals surface area (Å²) in [7, 11) is 0. The molecule has 0 radical (unpaired) electrons. The first-order valence-corrected chi connectivity index (χ1v) is 3.29. The molecule has 0 spiro atoms. The van der Waals surface area contributed by atoms with Crippen molar-refractivity contribution < 1.29 is 20.1 Å². The van der Waals surface area contributed by atoms with E-state index >= 15 is 0 Å². The van der Waals surface area contributed by atoms with Crippen LogP contribution in [0.25, 0.3) is 0 Å². The van der Waals surface area contributed by atoms with E-state index in [-0.39, 0.29) is 6.61 Å². The normalized spacial score (nSPS) is 43.8. The molecule has 1 aliphatic heterocycles. The quantitative estimate of drug-likeness (QED) is 0.390. The number of aliphatic hydroxyl groups excluding tert-OH is 3. The molecule has 0 amide bonds. The summed E-state index contributed by atoms with van der Waals surface area (Å²) in [6.45, 7) is -0.337. The fraction of sp³-hybridized carbons (Fsp3) is 0.714. The second-order valence-electron chi connectivity index (χ2n) is 2.43. The highest BCUT2D eigenvalue weighted by atomic mass is 16.6. The Morgan fingerprint density at radius 3 is 2.27 bits per heavy atom. The highest BCUT2D eigenvalue weighted by Gasteiger charge is 2.41. The topological polar surface area (TPSA) is 69.9 Å². The molecule has 0 bridgehead atoms. The molecule has 2 unspecified atom stereocenters. The maximum Gasteiger partial charge on any atom is 0.146 e. The van der Waals surface area contributed by atoms with Gasteiger partial charge in [-0.1, -0.05) is 5.92 Å². The molecule has 62 valence electrons. The van der Waals surface area contributed by atoms with Crippen LogP contribution in [0, 0.1) is 12.3 Å². The van der Waals surface area contributed by atoms with Gasteiger partial charge in [0.2, 0.25) is 0 Å². The van der Waals surface area contributed by atoms with Gasteiger partial charge in [0.15, 0.2) is 0 Å². The second-order valence-corrected chi connectivity index (χ2v) is 2.43. The first-order chi connectivity index (χ1) is 5.20. The van der Waals surface area contributed by atoms with Crippen LogP contribution in [0.4, 0.5) is 0 Å². The fourth-order valence-corrected chi connectivity index (χ4v) is 1.04. The van der Waals surface area contributed by atoms with Gasteiger partial charge in [-0.05, 0) is 0 Å². The summed E-state index contributed by atoms with van der Waals surface area (Å²) in [4.78, 5) is 0. The highest BCUT2D eigenvalue weighted by Crippen LogP contribution is 2.19. The Morgan fingerprint density at radius 1 is 1.36 bits per heavy atom. The van der Waals surface area contributed by atoms with Crippen LogP contribution in [-0.4, -0.2) is 46.3 Å². The standard InChI is InChI=1S/C7H10O4/c1-2-4-6(9)7(10)5(3-8)11-4/h1,4-10H,3H2/t4?,5?,6-,7+/m0/s1. The summed E-state index contributed by atoms with van der Waals surface area (Å²) < 4.78 is 4.90. The monoisotopic (exact) mass is 158 g/mol. The first-order valence-electron chi connectivity index (χ1n) is 3.29. The highest BCUT2D eigenvalue weighted by molar-refractivity contribution is 5.06. The van der Waals surface area contributed by atoms with Crippen LogP contribution in [0.1, 0.15) is 0 Å². The van der Waals surface area contributed by atoms with E-state index in [2.05, 4.69) is 5.92 Å². The summed E-state index contributed by atoms with van der Waals surface area (Å²) >= 11 is 0. The van der Waals surface area contributed by atoms with Gasteiger partial charge in [-0.3, -0.25) is 0 Å². The predicted molar refractivity (Wildman–Crippen MR) is 36.6 cm³/mol. The molecule has 4 heteroatoms. The lowest BCUT2D eigenvalue weighted by Crippen LogP contribution is -2.33. The molecule has 1 heterocycles. The fourth-order valence-electron chi connectivity index (χ4n) is 1.04. The van der Waals surface area contributed by atoms with Gasteiger partial charge < -0.3 is 20.1 Å². The Labute approximate surface area is 64.4 Å². The molecule has 4 nitrogen and oxygen atoms in total. The number of hydrogen-bond acceptors (Lipinski definition) is 4. The molecule has 1 fully saturated rings. The molecule has 0 aromatic carbocycles. The van der Waals surface area contributed by atoms with E-state index in [1.807, 2.05) is 0 Å². The van der Waals surface area contributed by atoms with Crippen LogP contribution in [0.15, 0.2) is 0 Å². The van der Waals surface area contributed by atoms with Crippen molar-refractivity contribution in [2.24, 2.45) is 0 Å². The van der Waals surface area contributed by atoms with E-state index in [1.165, 1.54) is 0 Å². The molecule has 1 saturated heterocycles. The van der Waals surface area contributed by atoms with Gasteiger partial charge >= 0.3 is 0 Å². The smallest absolute Gasteiger partial charge is 0.146 e. The van der Waals surface area contributed by atoms with Crippen molar-refractivity contribution in [1.82, 2.24) is 0 Å². The zero-order valence-electron chi connectivity index (χ0n) is 5.84. The van der Waals surface area contributed by atoms with Crippen molar-refractivity contribution >= 4 is 0 Å². The summed E-state index contributed by atoms with van der Waals surface area (Å²) in [5, 5.41) is 26.9. The zero-order valence-corrected chi connectivity index (χ0v) is 5.84. The average Bonchev–Trinajstić information content (AvgIpc) is 2.30. The number of rotatable bonds is 1. The molecule has 4 atom stereocenters. The minimum absolute atomic E-state index is 0.337. The van der Waals surface area contributed by atoms with Gasteiger partial charge in [0.1, 0.15) is 24.4 Å². The van der Waals surface area contributed by atoms with Crippen LogP contribution in [0.3, 0.4) is 0 Å². The number of hydrogen-bond donors (Lipinski definition) is 3. The van der Waals surface area contributed by atoms with Crippen LogP contribution in [0.2, 0.25) is 0 Å². The van der Waals surface area contributed by atoms with E-state index in [0.29, 0.717) is 0 Å². The van der Waals surface area contributed by atoms with Crippen molar-refractivity contribution in [3.05, 3.63) is 0 Å². The Bertz CT molecular complexity index is 174. The molecule has 11 heavy (non-hydrogen) atoms. The third kappa shape index (κ3) is 1.37. The molecule has 3 N–H and O–H groups in total. The average molecular weight is 158 g/mol. The van der Waals surface area contributed by atoms with Crippen LogP contribution in [0.5, 0.6) is 0 Å². The SMILES string of the molecule is C#CC1OC(CO)[C@@H](O)[C@H]1O. The van der Waals surface area contributed by atoms with Crippen LogP contribution < -0.4 is 0 Å². The van der Waals surface area contributed by atoms with Gasteiger partial charge in [-0.25, -0.2) is 0 Å². The van der Waals surface area contributed by atoms with E-state index in [9.17, 15) is 0 Å². The Kier molecular flexibility index (Phi) is 2.47. The number of aliphatic hydroxyl groups is 3. The van der Waals surface area contributed by atoms with Gasteiger partial charge in [0, 0.05) is 0 Å². The first kappa shape index (κ1) is 8.50. The van der Waals surface area contributed by atoms with E-state index in [1.54, 1.807) is 0 Å². The Morgan fingerprint density at radius 2 is 2.00 bits per heavy atom.